The Hall–Kier alpha value is -1.80. The zero-order valence-corrected chi connectivity index (χ0v) is 11.2. The first-order chi connectivity index (χ1) is 9.25. The lowest BCUT2D eigenvalue weighted by Gasteiger charge is -2.17. The van der Waals surface area contributed by atoms with Crippen LogP contribution in [0.3, 0.4) is 0 Å². The summed E-state index contributed by atoms with van der Waals surface area (Å²) in [5, 5.41) is 9.82. The Bertz CT molecular complexity index is 552. The Morgan fingerprint density at radius 3 is 2.47 bits per heavy atom. The zero-order chi connectivity index (χ0) is 13.2. The quantitative estimate of drug-likeness (QED) is 0.903. The highest BCUT2D eigenvalue weighted by atomic mass is 16.3. The first-order valence-electron chi connectivity index (χ1n) is 6.78. The molecule has 2 heteroatoms. The molecule has 1 N–H and O–H groups in total. The van der Waals surface area contributed by atoms with Crippen molar-refractivity contribution < 1.29 is 5.11 Å². The third kappa shape index (κ3) is 2.64. The van der Waals surface area contributed by atoms with Gasteiger partial charge in [-0.1, -0.05) is 48.5 Å². The molecule has 2 atom stereocenters. The predicted octanol–water partition coefficient (Wildman–Crippen LogP) is 3.38. The Morgan fingerprint density at radius 2 is 1.74 bits per heavy atom. The molecule has 0 aromatic heterocycles. The van der Waals surface area contributed by atoms with Crippen molar-refractivity contribution >= 4 is 0 Å². The molecule has 0 unspecified atom stereocenters. The summed E-state index contributed by atoms with van der Waals surface area (Å²) >= 11 is 0. The molecule has 1 aliphatic carbocycles. The topological polar surface area (TPSA) is 23.5 Å². The van der Waals surface area contributed by atoms with Crippen LogP contribution in [0.1, 0.15) is 23.5 Å². The van der Waals surface area contributed by atoms with Gasteiger partial charge in [-0.3, -0.25) is 4.90 Å². The molecule has 2 nitrogen and oxygen atoms in total. The largest absolute Gasteiger partial charge is 0.508 e. The second-order valence-corrected chi connectivity index (χ2v) is 5.36. The van der Waals surface area contributed by atoms with E-state index in [1.807, 2.05) is 18.2 Å². The second-order valence-electron chi connectivity index (χ2n) is 5.36. The van der Waals surface area contributed by atoms with Crippen molar-refractivity contribution in [2.75, 3.05) is 7.05 Å². The lowest BCUT2D eigenvalue weighted by molar-refractivity contribution is 0.305. The van der Waals surface area contributed by atoms with Crippen LogP contribution in [0.2, 0.25) is 0 Å². The van der Waals surface area contributed by atoms with Crippen LogP contribution in [0.5, 0.6) is 5.75 Å². The van der Waals surface area contributed by atoms with Crippen molar-refractivity contribution in [3.63, 3.8) is 0 Å². The number of para-hydroxylation sites is 1. The van der Waals surface area contributed by atoms with Gasteiger partial charge in [-0.05, 0) is 25.1 Å². The normalized spacial score (nSPS) is 21.6. The highest BCUT2D eigenvalue weighted by Gasteiger charge is 2.41. The van der Waals surface area contributed by atoms with Gasteiger partial charge in [0.05, 0.1) is 0 Å². The lowest BCUT2D eigenvalue weighted by atomic mass is 10.1. The van der Waals surface area contributed by atoms with E-state index in [1.165, 1.54) is 12.0 Å². The lowest BCUT2D eigenvalue weighted by Crippen LogP contribution is -2.21. The molecule has 3 rings (SSSR count). The van der Waals surface area contributed by atoms with Crippen LogP contribution in [0.15, 0.2) is 54.6 Å². The van der Waals surface area contributed by atoms with Crippen LogP contribution in [0.4, 0.5) is 0 Å². The van der Waals surface area contributed by atoms with Crippen LogP contribution in [-0.2, 0) is 6.54 Å². The maximum absolute atomic E-state index is 9.82. The maximum Gasteiger partial charge on any atom is 0.120 e. The van der Waals surface area contributed by atoms with E-state index >= 15 is 0 Å². The highest BCUT2D eigenvalue weighted by Crippen LogP contribution is 2.44. The van der Waals surface area contributed by atoms with Gasteiger partial charge in [-0.15, -0.1) is 0 Å². The molecule has 2 aromatic carbocycles. The molecule has 1 saturated carbocycles. The summed E-state index contributed by atoms with van der Waals surface area (Å²) in [6, 6.07) is 18.9. The molecule has 0 amide bonds. The van der Waals surface area contributed by atoms with E-state index in [-0.39, 0.29) is 0 Å². The van der Waals surface area contributed by atoms with E-state index in [4.69, 9.17) is 0 Å². The molecule has 0 bridgehead atoms. The monoisotopic (exact) mass is 253 g/mol. The number of hydrogen-bond donors (Lipinski definition) is 1. The third-order valence-corrected chi connectivity index (χ3v) is 3.96. The number of phenols is 1. The average Bonchev–Trinajstić information content (AvgIpc) is 3.23. The minimum absolute atomic E-state index is 0.395. The van der Waals surface area contributed by atoms with E-state index < -0.39 is 0 Å². The van der Waals surface area contributed by atoms with Gasteiger partial charge in [0.25, 0.3) is 0 Å². The molecule has 1 fully saturated rings. The Morgan fingerprint density at radius 1 is 1.05 bits per heavy atom. The van der Waals surface area contributed by atoms with E-state index in [0.29, 0.717) is 17.7 Å². The molecule has 0 radical (unpaired) electrons. The Kier molecular flexibility index (Phi) is 3.26. The summed E-state index contributed by atoms with van der Waals surface area (Å²) in [4.78, 5) is 2.34. The average molecular weight is 253 g/mol. The number of aromatic hydroxyl groups is 1. The number of hydrogen-bond acceptors (Lipinski definition) is 2. The number of nitrogens with zero attached hydrogens (tertiary/aromatic N) is 1. The van der Waals surface area contributed by atoms with Gasteiger partial charge < -0.3 is 5.11 Å². The van der Waals surface area contributed by atoms with E-state index in [2.05, 4.69) is 42.3 Å². The van der Waals surface area contributed by atoms with Crippen molar-refractivity contribution in [3.05, 3.63) is 65.7 Å². The maximum atomic E-state index is 9.82. The molecular weight excluding hydrogens is 234 g/mol. The number of rotatable bonds is 4. The second kappa shape index (κ2) is 5.06. The molecule has 98 valence electrons. The SMILES string of the molecule is CN(Cc1ccccc1O)[C@@H]1C[C@@H]1c1ccccc1. The minimum atomic E-state index is 0.395. The molecule has 0 saturated heterocycles. The predicted molar refractivity (Wildman–Crippen MR) is 77.2 cm³/mol. The van der Waals surface area contributed by atoms with Crippen molar-refractivity contribution in [2.45, 2.75) is 24.9 Å². The molecule has 2 aromatic rings. The van der Waals surface area contributed by atoms with Crippen molar-refractivity contribution in [1.82, 2.24) is 4.90 Å². The molecule has 0 aliphatic heterocycles. The molecular formula is C17H19NO. The van der Waals surface area contributed by atoms with Gasteiger partial charge in [-0.2, -0.15) is 0 Å². The molecule has 0 spiro atoms. The van der Waals surface area contributed by atoms with Crippen molar-refractivity contribution in [2.24, 2.45) is 0 Å². The van der Waals surface area contributed by atoms with E-state index in [0.717, 1.165) is 12.1 Å². The van der Waals surface area contributed by atoms with Gasteiger partial charge >= 0.3 is 0 Å². The van der Waals surface area contributed by atoms with Gasteiger partial charge in [0.15, 0.2) is 0 Å². The Labute approximate surface area is 114 Å². The fourth-order valence-corrected chi connectivity index (χ4v) is 2.76. The van der Waals surface area contributed by atoms with Gasteiger partial charge in [0.2, 0.25) is 0 Å². The molecule has 1 aliphatic rings. The van der Waals surface area contributed by atoms with E-state index in [9.17, 15) is 5.11 Å². The molecule has 19 heavy (non-hydrogen) atoms. The number of benzene rings is 2. The van der Waals surface area contributed by atoms with Gasteiger partial charge in [0.1, 0.15) is 5.75 Å². The van der Waals surface area contributed by atoms with Crippen LogP contribution in [0.25, 0.3) is 0 Å². The van der Waals surface area contributed by atoms with Crippen LogP contribution in [0, 0.1) is 0 Å². The summed E-state index contributed by atoms with van der Waals surface area (Å²) in [6.45, 7) is 0.806. The fourth-order valence-electron chi connectivity index (χ4n) is 2.76. The van der Waals surface area contributed by atoms with Crippen LogP contribution in [-0.4, -0.2) is 23.1 Å². The summed E-state index contributed by atoms with van der Waals surface area (Å²) in [5.74, 6) is 1.04. The van der Waals surface area contributed by atoms with Crippen molar-refractivity contribution in [1.29, 1.82) is 0 Å². The minimum Gasteiger partial charge on any atom is -0.508 e. The van der Waals surface area contributed by atoms with Crippen molar-refractivity contribution in [3.8, 4) is 5.75 Å². The van der Waals surface area contributed by atoms with Gasteiger partial charge in [-0.25, -0.2) is 0 Å². The highest BCUT2D eigenvalue weighted by molar-refractivity contribution is 5.32. The third-order valence-electron chi connectivity index (χ3n) is 3.96. The summed E-state index contributed by atoms with van der Waals surface area (Å²) in [6.07, 6.45) is 1.22. The Balaban J connectivity index is 1.64. The number of phenolic OH excluding ortho intramolecular Hbond substituents is 1. The smallest absolute Gasteiger partial charge is 0.120 e. The summed E-state index contributed by atoms with van der Waals surface area (Å²) < 4.78 is 0. The number of likely N-dealkylation sites (N-methyl/N-ethyl adjacent to an activating group) is 1. The summed E-state index contributed by atoms with van der Waals surface area (Å²) in [5.41, 5.74) is 2.43. The first-order valence-corrected chi connectivity index (χ1v) is 6.78. The fraction of sp³-hybridized carbons (Fsp3) is 0.294. The van der Waals surface area contributed by atoms with E-state index in [1.54, 1.807) is 6.07 Å². The molecule has 0 heterocycles. The zero-order valence-electron chi connectivity index (χ0n) is 11.2. The van der Waals surface area contributed by atoms with Crippen LogP contribution >= 0.6 is 0 Å². The van der Waals surface area contributed by atoms with Crippen LogP contribution < -0.4 is 0 Å². The standard InChI is InChI=1S/C17H19NO/c1-18(12-14-9-5-6-10-17(14)19)16-11-15(16)13-7-3-2-4-8-13/h2-10,15-16,19H,11-12H2,1H3/t15-,16-/m1/s1. The van der Waals surface area contributed by atoms with Gasteiger partial charge in [0, 0.05) is 24.1 Å². The summed E-state index contributed by atoms with van der Waals surface area (Å²) in [7, 11) is 2.14. The first kappa shape index (κ1) is 12.2.